The monoisotopic (exact) mass is 267 g/mol. The third kappa shape index (κ3) is 2.90. The Morgan fingerprint density at radius 2 is 2.06 bits per heavy atom. The van der Waals surface area contributed by atoms with E-state index < -0.39 is 0 Å². The second-order valence-electron chi connectivity index (χ2n) is 3.63. The molecule has 0 bridgehead atoms. The van der Waals surface area contributed by atoms with Crippen LogP contribution < -0.4 is 4.74 Å². The van der Waals surface area contributed by atoms with Crippen LogP contribution in [0.5, 0.6) is 11.6 Å². The molecule has 2 rings (SSSR count). The van der Waals surface area contributed by atoms with E-state index in [1.165, 1.54) is 0 Å². The predicted octanol–water partition coefficient (Wildman–Crippen LogP) is 4.57. The van der Waals surface area contributed by atoms with Crippen LogP contribution in [-0.4, -0.2) is 4.98 Å². The van der Waals surface area contributed by atoms with Crippen molar-refractivity contribution >= 4 is 23.2 Å². The largest absolute Gasteiger partial charge is 0.437 e. The van der Waals surface area contributed by atoms with Gasteiger partial charge in [-0.3, -0.25) is 0 Å². The molecule has 0 saturated carbocycles. The van der Waals surface area contributed by atoms with Gasteiger partial charge in [0, 0.05) is 17.6 Å². The van der Waals surface area contributed by atoms with Crippen LogP contribution in [0.4, 0.5) is 0 Å². The molecular weight excluding hydrogens is 257 g/mol. The molecule has 0 aliphatic carbocycles. The first-order valence-corrected chi connectivity index (χ1v) is 6.06. The summed E-state index contributed by atoms with van der Waals surface area (Å²) in [4.78, 5) is 4.22. The zero-order chi connectivity index (χ0) is 12.3. The highest BCUT2D eigenvalue weighted by Crippen LogP contribution is 2.29. The minimum absolute atomic E-state index is 0.445. The van der Waals surface area contributed by atoms with Gasteiger partial charge >= 0.3 is 0 Å². The van der Waals surface area contributed by atoms with Gasteiger partial charge in [-0.15, -0.1) is 11.6 Å². The molecule has 1 aromatic carbocycles. The van der Waals surface area contributed by atoms with E-state index in [9.17, 15) is 0 Å². The van der Waals surface area contributed by atoms with E-state index in [0.717, 1.165) is 11.1 Å². The van der Waals surface area contributed by atoms with E-state index in [1.54, 1.807) is 18.3 Å². The summed E-state index contributed by atoms with van der Waals surface area (Å²) in [6.45, 7) is 1.93. The molecule has 4 heteroatoms. The third-order valence-electron chi connectivity index (χ3n) is 2.28. The van der Waals surface area contributed by atoms with E-state index in [2.05, 4.69) is 4.98 Å². The molecule has 0 atom stereocenters. The first-order valence-electron chi connectivity index (χ1n) is 5.14. The third-order valence-corrected chi connectivity index (χ3v) is 2.91. The lowest BCUT2D eigenvalue weighted by Crippen LogP contribution is -1.93. The number of aryl methyl sites for hydroxylation is 1. The zero-order valence-electron chi connectivity index (χ0n) is 9.28. The van der Waals surface area contributed by atoms with Crippen LogP contribution in [0.1, 0.15) is 11.1 Å². The number of aromatic nitrogens is 1. The van der Waals surface area contributed by atoms with Crippen molar-refractivity contribution in [1.29, 1.82) is 0 Å². The zero-order valence-corrected chi connectivity index (χ0v) is 10.8. The quantitative estimate of drug-likeness (QED) is 0.760. The maximum atomic E-state index is 6.01. The summed E-state index contributed by atoms with van der Waals surface area (Å²) in [7, 11) is 0. The first-order chi connectivity index (χ1) is 8.20. The average molecular weight is 268 g/mol. The summed E-state index contributed by atoms with van der Waals surface area (Å²) in [6.07, 6.45) is 1.70. The van der Waals surface area contributed by atoms with Crippen molar-refractivity contribution in [3.8, 4) is 11.6 Å². The Morgan fingerprint density at radius 3 is 2.71 bits per heavy atom. The second-order valence-corrected chi connectivity index (χ2v) is 4.31. The van der Waals surface area contributed by atoms with Crippen LogP contribution >= 0.6 is 23.2 Å². The highest BCUT2D eigenvalue weighted by Gasteiger charge is 2.06. The summed E-state index contributed by atoms with van der Waals surface area (Å²) in [6, 6.07) is 9.25. The number of ether oxygens (including phenoxy) is 1. The molecule has 1 aromatic heterocycles. The second kappa shape index (κ2) is 5.39. The van der Waals surface area contributed by atoms with Gasteiger partial charge in [0.1, 0.15) is 5.75 Å². The minimum Gasteiger partial charge on any atom is -0.437 e. The molecule has 88 valence electrons. The fourth-order valence-electron chi connectivity index (χ4n) is 1.43. The van der Waals surface area contributed by atoms with E-state index >= 15 is 0 Å². The lowest BCUT2D eigenvalue weighted by atomic mass is 10.2. The van der Waals surface area contributed by atoms with Crippen LogP contribution in [0.2, 0.25) is 5.02 Å². The highest BCUT2D eigenvalue weighted by atomic mass is 35.5. The molecule has 0 amide bonds. The number of nitrogens with zero attached hydrogens (tertiary/aromatic N) is 1. The molecule has 0 radical (unpaired) electrons. The SMILES string of the molecule is Cc1cc(CCl)cnc1Oc1ccccc1Cl. The van der Waals surface area contributed by atoms with Crippen molar-refractivity contribution in [2.45, 2.75) is 12.8 Å². The van der Waals surface area contributed by atoms with Gasteiger partial charge in [0.05, 0.1) is 5.02 Å². The van der Waals surface area contributed by atoms with Gasteiger partial charge in [-0.2, -0.15) is 0 Å². The Hall–Kier alpha value is -1.25. The molecule has 0 aliphatic rings. The average Bonchev–Trinajstić information content (AvgIpc) is 2.34. The lowest BCUT2D eigenvalue weighted by molar-refractivity contribution is 0.459. The van der Waals surface area contributed by atoms with Crippen molar-refractivity contribution in [3.05, 3.63) is 52.7 Å². The highest BCUT2D eigenvalue weighted by molar-refractivity contribution is 6.32. The van der Waals surface area contributed by atoms with Crippen LogP contribution in [0.15, 0.2) is 36.5 Å². The van der Waals surface area contributed by atoms with Gasteiger partial charge in [-0.05, 0) is 30.7 Å². The van der Waals surface area contributed by atoms with Crippen LogP contribution in [0.3, 0.4) is 0 Å². The standard InChI is InChI=1S/C13H11Cl2NO/c1-9-6-10(7-14)8-16-13(9)17-12-5-3-2-4-11(12)15/h2-6,8H,7H2,1H3. The van der Waals surface area contributed by atoms with Crippen LogP contribution in [0.25, 0.3) is 0 Å². The van der Waals surface area contributed by atoms with E-state index in [0.29, 0.717) is 22.5 Å². The van der Waals surface area contributed by atoms with Crippen molar-refractivity contribution < 1.29 is 4.74 Å². The molecule has 0 unspecified atom stereocenters. The maximum absolute atomic E-state index is 6.01. The Kier molecular flexibility index (Phi) is 3.87. The molecule has 0 saturated heterocycles. The smallest absolute Gasteiger partial charge is 0.222 e. The Morgan fingerprint density at radius 1 is 1.29 bits per heavy atom. The topological polar surface area (TPSA) is 22.1 Å². The number of pyridine rings is 1. The van der Waals surface area contributed by atoms with Crippen molar-refractivity contribution in [2.75, 3.05) is 0 Å². The van der Waals surface area contributed by atoms with Crippen molar-refractivity contribution in [2.24, 2.45) is 0 Å². The van der Waals surface area contributed by atoms with Crippen LogP contribution in [-0.2, 0) is 5.88 Å². The van der Waals surface area contributed by atoms with E-state index in [1.807, 2.05) is 25.1 Å². The number of halogens is 2. The summed E-state index contributed by atoms with van der Waals surface area (Å²) in [5.74, 6) is 1.59. The number of hydrogen-bond acceptors (Lipinski definition) is 2. The fourth-order valence-corrected chi connectivity index (χ4v) is 1.75. The summed E-state index contributed by atoms with van der Waals surface area (Å²) in [5.41, 5.74) is 1.90. The van der Waals surface area contributed by atoms with Crippen molar-refractivity contribution in [3.63, 3.8) is 0 Å². The molecule has 1 heterocycles. The predicted molar refractivity (Wildman–Crippen MR) is 70.1 cm³/mol. The van der Waals surface area contributed by atoms with E-state index in [-0.39, 0.29) is 0 Å². The van der Waals surface area contributed by atoms with Gasteiger partial charge in [0.15, 0.2) is 0 Å². The van der Waals surface area contributed by atoms with Gasteiger partial charge in [0.25, 0.3) is 0 Å². The first kappa shape index (κ1) is 12.2. The van der Waals surface area contributed by atoms with Gasteiger partial charge in [-0.25, -0.2) is 4.98 Å². The fraction of sp³-hybridized carbons (Fsp3) is 0.154. The number of benzene rings is 1. The molecule has 0 fully saturated rings. The molecule has 17 heavy (non-hydrogen) atoms. The molecule has 2 aromatic rings. The van der Waals surface area contributed by atoms with Gasteiger partial charge < -0.3 is 4.74 Å². The number of para-hydroxylation sites is 1. The minimum atomic E-state index is 0.445. The Balaban J connectivity index is 2.28. The van der Waals surface area contributed by atoms with Crippen LogP contribution in [0, 0.1) is 6.92 Å². The number of alkyl halides is 1. The molecular formula is C13H11Cl2NO. The van der Waals surface area contributed by atoms with E-state index in [4.69, 9.17) is 27.9 Å². The summed E-state index contributed by atoms with van der Waals surface area (Å²) in [5, 5.41) is 0.565. The van der Waals surface area contributed by atoms with Crippen molar-refractivity contribution in [1.82, 2.24) is 4.98 Å². The summed E-state index contributed by atoms with van der Waals surface area (Å²) >= 11 is 11.7. The van der Waals surface area contributed by atoms with Gasteiger partial charge in [0.2, 0.25) is 5.88 Å². The number of rotatable bonds is 3. The normalized spacial score (nSPS) is 10.3. The molecule has 0 spiro atoms. The number of hydrogen-bond donors (Lipinski definition) is 0. The molecule has 0 aliphatic heterocycles. The summed E-state index contributed by atoms with van der Waals surface area (Å²) < 4.78 is 5.65. The molecule has 0 N–H and O–H groups in total. The maximum Gasteiger partial charge on any atom is 0.222 e. The Labute approximate surface area is 110 Å². The van der Waals surface area contributed by atoms with Gasteiger partial charge in [-0.1, -0.05) is 23.7 Å². The lowest BCUT2D eigenvalue weighted by Gasteiger charge is -2.09. The Bertz CT molecular complexity index is 529. The molecule has 2 nitrogen and oxygen atoms in total.